The normalized spacial score (nSPS) is 13.6. The molecule has 1 rings (SSSR count). The molecule has 1 atom stereocenters. The molecule has 0 radical (unpaired) electrons. The molecule has 0 amide bonds. The fraction of sp³-hybridized carbons (Fsp3) is 0.625. The van der Waals surface area contributed by atoms with E-state index in [-0.39, 0.29) is 16.3 Å². The van der Waals surface area contributed by atoms with Crippen LogP contribution in [-0.4, -0.2) is 12.6 Å². The summed E-state index contributed by atoms with van der Waals surface area (Å²) in [7, 11) is 0. The zero-order valence-corrected chi connectivity index (χ0v) is 13.1. The first-order valence-corrected chi connectivity index (χ1v) is 7.37. The maximum Gasteiger partial charge on any atom is 0.142 e. The summed E-state index contributed by atoms with van der Waals surface area (Å²) in [4.78, 5) is 0. The number of nitrogens with one attached hydrogen (secondary N) is 1. The molecule has 1 aromatic carbocycles. The summed E-state index contributed by atoms with van der Waals surface area (Å²) >= 11 is 5.72. The third kappa shape index (κ3) is 6.40. The van der Waals surface area contributed by atoms with Crippen LogP contribution in [0.15, 0.2) is 18.2 Å². The van der Waals surface area contributed by atoms with Gasteiger partial charge in [-0.25, -0.2) is 4.39 Å². The third-order valence-electron chi connectivity index (χ3n) is 3.01. The largest absolute Gasteiger partial charge is 0.314 e. The Kier molecular flexibility index (Phi) is 6.28. The summed E-state index contributed by atoms with van der Waals surface area (Å²) in [6, 6.07) is 5.47. The third-order valence-corrected chi connectivity index (χ3v) is 3.31. The first kappa shape index (κ1) is 16.5. The Labute approximate surface area is 121 Å². The Balaban J connectivity index is 2.72. The molecule has 0 aliphatic carbocycles. The van der Waals surface area contributed by atoms with Gasteiger partial charge in [0.25, 0.3) is 0 Å². The summed E-state index contributed by atoms with van der Waals surface area (Å²) in [6.45, 7) is 9.85. The Morgan fingerprint density at radius 2 is 2.00 bits per heavy atom. The van der Waals surface area contributed by atoms with E-state index in [1.807, 2.05) is 6.07 Å². The smallest absolute Gasteiger partial charge is 0.142 e. The molecule has 3 heteroatoms. The topological polar surface area (TPSA) is 12.0 Å². The molecular weight excluding hydrogens is 261 g/mol. The van der Waals surface area contributed by atoms with E-state index in [0.29, 0.717) is 6.04 Å². The van der Waals surface area contributed by atoms with Gasteiger partial charge in [-0.15, -0.1) is 0 Å². The highest BCUT2D eigenvalue weighted by Gasteiger charge is 2.18. The van der Waals surface area contributed by atoms with E-state index < -0.39 is 0 Å². The van der Waals surface area contributed by atoms with Gasteiger partial charge >= 0.3 is 0 Å². The predicted octanol–water partition coefficient (Wildman–Crippen LogP) is 4.83. The second-order valence-corrected chi connectivity index (χ2v) is 6.78. The van der Waals surface area contributed by atoms with Crippen LogP contribution in [0.5, 0.6) is 0 Å². The summed E-state index contributed by atoms with van der Waals surface area (Å²) in [5, 5.41) is 3.75. The Morgan fingerprint density at radius 3 is 2.53 bits per heavy atom. The van der Waals surface area contributed by atoms with E-state index in [0.717, 1.165) is 31.4 Å². The van der Waals surface area contributed by atoms with E-state index >= 15 is 0 Å². The van der Waals surface area contributed by atoms with Crippen LogP contribution in [0.2, 0.25) is 5.02 Å². The highest BCUT2D eigenvalue weighted by atomic mass is 35.5. The number of hydrogen-bond acceptors (Lipinski definition) is 1. The van der Waals surface area contributed by atoms with Crippen molar-refractivity contribution in [3.05, 3.63) is 34.6 Å². The molecule has 0 aromatic heterocycles. The van der Waals surface area contributed by atoms with E-state index in [4.69, 9.17) is 11.6 Å². The number of benzene rings is 1. The zero-order valence-electron chi connectivity index (χ0n) is 12.4. The second-order valence-electron chi connectivity index (χ2n) is 6.37. The van der Waals surface area contributed by atoms with Crippen LogP contribution in [0.3, 0.4) is 0 Å². The SMILES string of the molecule is CCCNC(Cc1ccc(Cl)c(F)c1)CC(C)(C)C. The van der Waals surface area contributed by atoms with Crippen molar-refractivity contribution in [3.8, 4) is 0 Å². The molecule has 0 saturated carbocycles. The van der Waals surface area contributed by atoms with Gasteiger partial charge in [0.1, 0.15) is 5.82 Å². The van der Waals surface area contributed by atoms with Crippen LogP contribution in [0.4, 0.5) is 4.39 Å². The molecule has 1 N–H and O–H groups in total. The maximum absolute atomic E-state index is 13.5. The molecule has 0 saturated heterocycles. The van der Waals surface area contributed by atoms with Crippen LogP contribution in [0, 0.1) is 11.2 Å². The maximum atomic E-state index is 13.5. The van der Waals surface area contributed by atoms with Crippen molar-refractivity contribution in [1.29, 1.82) is 0 Å². The van der Waals surface area contributed by atoms with Crippen molar-refractivity contribution in [2.75, 3.05) is 6.54 Å². The lowest BCUT2D eigenvalue weighted by Crippen LogP contribution is -2.35. The van der Waals surface area contributed by atoms with Crippen LogP contribution >= 0.6 is 11.6 Å². The number of hydrogen-bond donors (Lipinski definition) is 1. The van der Waals surface area contributed by atoms with Crippen molar-refractivity contribution >= 4 is 11.6 Å². The van der Waals surface area contributed by atoms with Gasteiger partial charge in [-0.05, 0) is 48.9 Å². The summed E-state index contributed by atoms with van der Waals surface area (Å²) in [5.74, 6) is -0.329. The lowest BCUT2D eigenvalue weighted by atomic mass is 9.86. The monoisotopic (exact) mass is 285 g/mol. The van der Waals surface area contributed by atoms with Gasteiger partial charge in [-0.3, -0.25) is 0 Å². The van der Waals surface area contributed by atoms with E-state index in [9.17, 15) is 4.39 Å². The second kappa shape index (κ2) is 7.25. The van der Waals surface area contributed by atoms with Crippen molar-refractivity contribution in [3.63, 3.8) is 0 Å². The molecule has 19 heavy (non-hydrogen) atoms. The van der Waals surface area contributed by atoms with E-state index in [1.165, 1.54) is 0 Å². The van der Waals surface area contributed by atoms with Crippen molar-refractivity contribution in [2.45, 2.75) is 53.0 Å². The molecule has 0 fully saturated rings. The Bertz CT molecular complexity index is 398. The highest BCUT2D eigenvalue weighted by molar-refractivity contribution is 6.30. The minimum atomic E-state index is -0.329. The fourth-order valence-corrected chi connectivity index (χ4v) is 2.37. The summed E-state index contributed by atoms with van der Waals surface area (Å²) < 4.78 is 13.5. The summed E-state index contributed by atoms with van der Waals surface area (Å²) in [6.07, 6.45) is 3.01. The van der Waals surface area contributed by atoms with Crippen LogP contribution in [0.25, 0.3) is 0 Å². The molecule has 1 aromatic rings. The minimum absolute atomic E-state index is 0.192. The van der Waals surface area contributed by atoms with Gasteiger partial charge < -0.3 is 5.32 Å². The molecular formula is C16H25ClFN. The minimum Gasteiger partial charge on any atom is -0.314 e. The van der Waals surface area contributed by atoms with Crippen LogP contribution in [0.1, 0.15) is 46.1 Å². The predicted molar refractivity (Wildman–Crippen MR) is 81.3 cm³/mol. The first-order valence-electron chi connectivity index (χ1n) is 6.99. The quantitative estimate of drug-likeness (QED) is 0.790. The molecule has 0 spiro atoms. The first-order chi connectivity index (χ1) is 8.81. The van der Waals surface area contributed by atoms with Gasteiger partial charge in [0.2, 0.25) is 0 Å². The van der Waals surface area contributed by atoms with Crippen molar-refractivity contribution < 1.29 is 4.39 Å². The molecule has 0 bridgehead atoms. The lowest BCUT2D eigenvalue weighted by Gasteiger charge is -2.27. The fourth-order valence-electron chi connectivity index (χ4n) is 2.26. The molecule has 0 heterocycles. The van der Waals surface area contributed by atoms with Gasteiger partial charge in [-0.1, -0.05) is 45.4 Å². The lowest BCUT2D eigenvalue weighted by molar-refractivity contribution is 0.306. The average molecular weight is 286 g/mol. The molecule has 0 aliphatic rings. The van der Waals surface area contributed by atoms with Crippen LogP contribution < -0.4 is 5.32 Å². The van der Waals surface area contributed by atoms with Gasteiger partial charge in [0.15, 0.2) is 0 Å². The highest BCUT2D eigenvalue weighted by Crippen LogP contribution is 2.24. The number of rotatable bonds is 6. The number of halogens is 2. The average Bonchev–Trinajstić information content (AvgIpc) is 2.29. The standard InChI is InChI=1S/C16H25ClFN/c1-5-8-19-13(11-16(2,3)4)9-12-6-7-14(17)15(18)10-12/h6-7,10,13,19H,5,8-9,11H2,1-4H3. The molecule has 1 unspecified atom stereocenters. The van der Waals surface area contributed by atoms with Crippen molar-refractivity contribution in [1.82, 2.24) is 5.32 Å². The zero-order chi connectivity index (χ0) is 14.5. The molecule has 1 nitrogen and oxygen atoms in total. The Morgan fingerprint density at radius 1 is 1.32 bits per heavy atom. The van der Waals surface area contributed by atoms with E-state index in [1.54, 1.807) is 12.1 Å². The molecule has 0 aliphatic heterocycles. The van der Waals surface area contributed by atoms with Gasteiger partial charge in [0, 0.05) is 6.04 Å². The molecule has 108 valence electrons. The van der Waals surface area contributed by atoms with E-state index in [2.05, 4.69) is 33.0 Å². The van der Waals surface area contributed by atoms with Gasteiger partial charge in [-0.2, -0.15) is 0 Å². The van der Waals surface area contributed by atoms with Gasteiger partial charge in [0.05, 0.1) is 5.02 Å². The Hall–Kier alpha value is -0.600. The summed E-state index contributed by atoms with van der Waals surface area (Å²) in [5.41, 5.74) is 1.26. The van der Waals surface area contributed by atoms with Crippen molar-refractivity contribution in [2.24, 2.45) is 5.41 Å². The van der Waals surface area contributed by atoms with Crippen LogP contribution in [-0.2, 0) is 6.42 Å².